The van der Waals surface area contributed by atoms with E-state index in [0.717, 1.165) is 6.42 Å². The number of carboxylic acids is 1. The number of carbonyl (C=O) groups excluding carboxylic acids is 1. The number of phenolic OH excluding ortho intramolecular Hbond substituents is 1. The van der Waals surface area contributed by atoms with Crippen molar-refractivity contribution in [2.75, 3.05) is 13.1 Å². The number of nitrogens with zero attached hydrogens (tertiary/aromatic N) is 1. The fourth-order valence-corrected chi connectivity index (χ4v) is 2.98. The van der Waals surface area contributed by atoms with E-state index in [2.05, 4.69) is 0 Å². The van der Waals surface area contributed by atoms with Gasteiger partial charge >= 0.3 is 5.97 Å². The summed E-state index contributed by atoms with van der Waals surface area (Å²) in [4.78, 5) is 25.6. The maximum absolute atomic E-state index is 12.5. The zero-order valence-electron chi connectivity index (χ0n) is 12.4. The van der Waals surface area contributed by atoms with Crippen molar-refractivity contribution in [1.29, 1.82) is 0 Å². The van der Waals surface area contributed by atoms with Crippen molar-refractivity contribution in [1.82, 2.24) is 4.90 Å². The molecule has 5 nitrogen and oxygen atoms in total. The first-order valence-electron chi connectivity index (χ1n) is 7.22. The highest BCUT2D eigenvalue weighted by Gasteiger charge is 2.45. The van der Waals surface area contributed by atoms with Gasteiger partial charge in [-0.2, -0.15) is 0 Å². The van der Waals surface area contributed by atoms with Gasteiger partial charge in [0.15, 0.2) is 0 Å². The lowest BCUT2D eigenvalue weighted by Gasteiger charge is -2.24. The summed E-state index contributed by atoms with van der Waals surface area (Å²) in [6.45, 7) is 4.41. The number of rotatable bonds is 4. The zero-order chi connectivity index (χ0) is 15.6. The Morgan fingerprint density at radius 3 is 2.67 bits per heavy atom. The van der Waals surface area contributed by atoms with Crippen molar-refractivity contribution in [3.8, 4) is 5.75 Å². The number of aryl methyl sites for hydroxylation is 1. The van der Waals surface area contributed by atoms with E-state index in [0.29, 0.717) is 30.5 Å². The molecule has 0 spiro atoms. The molecule has 1 aromatic carbocycles. The smallest absolute Gasteiger partial charge is 0.311 e. The second kappa shape index (κ2) is 5.76. The summed E-state index contributed by atoms with van der Waals surface area (Å²) in [5.74, 6) is -0.835. The molecule has 0 aromatic heterocycles. The third kappa shape index (κ3) is 2.86. The van der Waals surface area contributed by atoms with Crippen LogP contribution < -0.4 is 0 Å². The monoisotopic (exact) mass is 291 g/mol. The van der Waals surface area contributed by atoms with E-state index >= 15 is 0 Å². The van der Waals surface area contributed by atoms with Crippen LogP contribution in [0, 0.1) is 12.3 Å². The van der Waals surface area contributed by atoms with Gasteiger partial charge in [0.2, 0.25) is 0 Å². The van der Waals surface area contributed by atoms with E-state index in [1.807, 2.05) is 6.92 Å². The third-order valence-electron chi connectivity index (χ3n) is 4.27. The highest BCUT2D eigenvalue weighted by Crippen LogP contribution is 2.36. The molecule has 1 aromatic rings. The second-order valence-electron chi connectivity index (χ2n) is 5.81. The molecule has 0 bridgehead atoms. The molecule has 1 unspecified atom stereocenters. The fraction of sp³-hybridized carbons (Fsp3) is 0.500. The minimum atomic E-state index is -0.818. The molecule has 1 aliphatic heterocycles. The van der Waals surface area contributed by atoms with E-state index < -0.39 is 11.4 Å². The quantitative estimate of drug-likeness (QED) is 0.893. The second-order valence-corrected chi connectivity index (χ2v) is 5.81. The van der Waals surface area contributed by atoms with E-state index in [-0.39, 0.29) is 18.2 Å². The van der Waals surface area contributed by atoms with Gasteiger partial charge in [0, 0.05) is 18.7 Å². The van der Waals surface area contributed by atoms with Crippen LogP contribution in [0.5, 0.6) is 5.75 Å². The van der Waals surface area contributed by atoms with Gasteiger partial charge < -0.3 is 15.1 Å². The standard InChI is InChI=1S/C16H21NO4/c1-3-6-16(15(20)21)7-8-17(10-16)14(19)12-4-5-13(18)11(2)9-12/h4-5,9,18H,3,6-8,10H2,1-2H3,(H,20,21). The Morgan fingerprint density at radius 1 is 1.38 bits per heavy atom. The van der Waals surface area contributed by atoms with Crippen molar-refractivity contribution < 1.29 is 19.8 Å². The van der Waals surface area contributed by atoms with Crippen molar-refractivity contribution in [2.24, 2.45) is 5.41 Å². The van der Waals surface area contributed by atoms with Crippen LogP contribution in [0.3, 0.4) is 0 Å². The Balaban J connectivity index is 2.18. The highest BCUT2D eigenvalue weighted by atomic mass is 16.4. The minimum absolute atomic E-state index is 0.152. The summed E-state index contributed by atoms with van der Waals surface area (Å²) in [5, 5.41) is 19.0. The van der Waals surface area contributed by atoms with Gasteiger partial charge in [0.1, 0.15) is 5.75 Å². The van der Waals surface area contributed by atoms with Gasteiger partial charge in [-0.3, -0.25) is 9.59 Å². The molecule has 0 saturated carbocycles. The van der Waals surface area contributed by atoms with Gasteiger partial charge in [-0.25, -0.2) is 0 Å². The first-order valence-corrected chi connectivity index (χ1v) is 7.22. The third-order valence-corrected chi connectivity index (χ3v) is 4.27. The van der Waals surface area contributed by atoms with Crippen molar-refractivity contribution in [2.45, 2.75) is 33.1 Å². The van der Waals surface area contributed by atoms with Crippen LogP contribution in [0.4, 0.5) is 0 Å². The zero-order valence-corrected chi connectivity index (χ0v) is 12.4. The van der Waals surface area contributed by atoms with Gasteiger partial charge in [0.25, 0.3) is 5.91 Å². The van der Waals surface area contributed by atoms with Gasteiger partial charge in [-0.1, -0.05) is 13.3 Å². The largest absolute Gasteiger partial charge is 0.508 e. The summed E-state index contributed by atoms with van der Waals surface area (Å²) < 4.78 is 0. The predicted molar refractivity (Wildman–Crippen MR) is 78.3 cm³/mol. The summed E-state index contributed by atoms with van der Waals surface area (Å²) in [6.07, 6.45) is 1.87. The number of likely N-dealkylation sites (tertiary alicyclic amines) is 1. The van der Waals surface area contributed by atoms with Crippen molar-refractivity contribution >= 4 is 11.9 Å². The van der Waals surface area contributed by atoms with E-state index in [1.165, 1.54) is 6.07 Å². The van der Waals surface area contributed by atoms with Crippen molar-refractivity contribution in [3.05, 3.63) is 29.3 Å². The summed E-state index contributed by atoms with van der Waals surface area (Å²) in [5.41, 5.74) is 0.317. The molecular formula is C16H21NO4. The van der Waals surface area contributed by atoms with Gasteiger partial charge in [-0.05, 0) is 43.5 Å². The molecular weight excluding hydrogens is 270 g/mol. The average Bonchev–Trinajstić information content (AvgIpc) is 2.87. The van der Waals surface area contributed by atoms with Gasteiger partial charge in [0.05, 0.1) is 5.41 Å². The Hall–Kier alpha value is -2.04. The van der Waals surface area contributed by atoms with E-state index in [4.69, 9.17) is 0 Å². The molecule has 2 rings (SSSR count). The fourth-order valence-electron chi connectivity index (χ4n) is 2.98. The van der Waals surface area contributed by atoms with Crippen LogP contribution in [0.1, 0.15) is 42.1 Å². The maximum atomic E-state index is 12.5. The highest BCUT2D eigenvalue weighted by molar-refractivity contribution is 5.95. The molecule has 1 atom stereocenters. The number of carboxylic acid groups (broad SMARTS) is 1. The predicted octanol–water partition coefficient (Wildman–Crippen LogP) is 2.42. The topological polar surface area (TPSA) is 77.8 Å². The number of benzene rings is 1. The van der Waals surface area contributed by atoms with Gasteiger partial charge in [-0.15, -0.1) is 0 Å². The minimum Gasteiger partial charge on any atom is -0.508 e. The molecule has 2 N–H and O–H groups in total. The van der Waals surface area contributed by atoms with Crippen LogP contribution in [-0.4, -0.2) is 40.1 Å². The first-order chi connectivity index (χ1) is 9.89. The molecule has 1 fully saturated rings. The molecule has 0 aliphatic carbocycles. The Kier molecular flexibility index (Phi) is 4.21. The first kappa shape index (κ1) is 15.4. The molecule has 0 radical (unpaired) electrons. The molecule has 21 heavy (non-hydrogen) atoms. The molecule has 5 heteroatoms. The lowest BCUT2D eigenvalue weighted by Crippen LogP contribution is -2.36. The van der Waals surface area contributed by atoms with Crippen LogP contribution in [0.25, 0.3) is 0 Å². The van der Waals surface area contributed by atoms with Crippen molar-refractivity contribution in [3.63, 3.8) is 0 Å². The normalized spacial score (nSPS) is 21.5. The Labute approximate surface area is 124 Å². The number of hydrogen-bond donors (Lipinski definition) is 2. The molecule has 1 heterocycles. The molecule has 114 valence electrons. The van der Waals surface area contributed by atoms with Crippen LogP contribution >= 0.6 is 0 Å². The molecule has 1 saturated heterocycles. The maximum Gasteiger partial charge on any atom is 0.311 e. The lowest BCUT2D eigenvalue weighted by atomic mass is 9.83. The molecule has 1 amide bonds. The number of aromatic hydroxyl groups is 1. The SMILES string of the molecule is CCCC1(C(=O)O)CCN(C(=O)c2ccc(O)c(C)c2)C1. The average molecular weight is 291 g/mol. The van der Waals surface area contributed by atoms with E-state index in [1.54, 1.807) is 24.0 Å². The Morgan fingerprint density at radius 2 is 2.10 bits per heavy atom. The van der Waals surface area contributed by atoms with Crippen LogP contribution in [0.2, 0.25) is 0 Å². The van der Waals surface area contributed by atoms with Crippen LogP contribution in [0.15, 0.2) is 18.2 Å². The number of amides is 1. The Bertz CT molecular complexity index is 569. The van der Waals surface area contributed by atoms with Crippen LogP contribution in [-0.2, 0) is 4.79 Å². The summed E-state index contributed by atoms with van der Waals surface area (Å²) >= 11 is 0. The number of aliphatic carboxylic acids is 1. The molecule has 1 aliphatic rings. The number of carbonyl (C=O) groups is 2. The lowest BCUT2D eigenvalue weighted by molar-refractivity contribution is -0.148. The summed E-state index contributed by atoms with van der Waals surface area (Å²) in [7, 11) is 0. The number of phenols is 1. The van der Waals surface area contributed by atoms with E-state index in [9.17, 15) is 19.8 Å². The number of hydrogen-bond acceptors (Lipinski definition) is 3. The summed E-state index contributed by atoms with van der Waals surface area (Å²) in [6, 6.07) is 4.71.